The fourth-order valence-corrected chi connectivity index (χ4v) is 0.726. The van der Waals surface area contributed by atoms with Crippen molar-refractivity contribution in [3.05, 3.63) is 34.9 Å². The van der Waals surface area contributed by atoms with Crippen LogP contribution in [-0.4, -0.2) is 26.2 Å². The molecular weight excluding hydrogens is 190 g/mol. The van der Waals surface area contributed by atoms with Crippen LogP contribution in [0, 0.1) is 4.91 Å². The highest BCUT2D eigenvalue weighted by Gasteiger charge is 2.17. The Bertz CT molecular complexity index is 387. The van der Waals surface area contributed by atoms with Gasteiger partial charge >= 0.3 is 5.97 Å². The number of carboxylic acids is 1. The van der Waals surface area contributed by atoms with E-state index in [-0.39, 0.29) is 5.69 Å². The van der Waals surface area contributed by atoms with Crippen LogP contribution in [0.25, 0.3) is 5.76 Å². The lowest BCUT2D eigenvalue weighted by Gasteiger charge is -1.98. The fraction of sp³-hybridized carbons (Fsp3) is 0. The number of hydrogen-bond donors (Lipinski definition) is 2. The lowest BCUT2D eigenvalue weighted by atomic mass is 10.3. The van der Waals surface area contributed by atoms with Crippen LogP contribution >= 0.6 is 0 Å². The molecule has 14 heavy (non-hydrogen) atoms. The minimum absolute atomic E-state index is 0.121. The molecule has 1 aromatic rings. The van der Waals surface area contributed by atoms with Crippen molar-refractivity contribution in [1.82, 2.24) is 9.97 Å². The molecule has 0 saturated heterocycles. The Morgan fingerprint density at radius 2 is 2.07 bits per heavy atom. The first-order valence-corrected chi connectivity index (χ1v) is 3.43. The van der Waals surface area contributed by atoms with Crippen molar-refractivity contribution in [2.45, 2.75) is 0 Å². The van der Waals surface area contributed by atoms with Crippen LogP contribution in [0.4, 0.5) is 0 Å². The van der Waals surface area contributed by atoms with Gasteiger partial charge in [-0.3, -0.25) is 4.98 Å². The first-order valence-electron chi connectivity index (χ1n) is 3.43. The molecule has 1 aromatic heterocycles. The standard InChI is InChI=1S/C7H5N3O4/c11-6(5(10-14)7(12)13)4-3-8-1-2-9-4/h1-3,11H,(H,12,13). The van der Waals surface area contributed by atoms with Gasteiger partial charge in [0.05, 0.1) is 6.20 Å². The lowest BCUT2D eigenvalue weighted by Crippen LogP contribution is -2.02. The van der Waals surface area contributed by atoms with Crippen LogP contribution in [-0.2, 0) is 4.79 Å². The first-order chi connectivity index (χ1) is 6.66. The number of aliphatic hydroxyl groups excluding tert-OH is 1. The second kappa shape index (κ2) is 4.08. The number of nitrogens with zero attached hydrogens (tertiary/aromatic N) is 3. The zero-order valence-corrected chi connectivity index (χ0v) is 6.78. The van der Waals surface area contributed by atoms with E-state index in [9.17, 15) is 14.8 Å². The molecular formula is C7H5N3O4. The number of carbonyl (C=O) groups is 1. The van der Waals surface area contributed by atoms with Gasteiger partial charge in [-0.1, -0.05) is 0 Å². The molecule has 0 amide bonds. The fourth-order valence-electron chi connectivity index (χ4n) is 0.726. The average molecular weight is 195 g/mol. The topological polar surface area (TPSA) is 113 Å². The molecule has 0 aliphatic heterocycles. The molecule has 1 heterocycles. The third kappa shape index (κ3) is 1.89. The van der Waals surface area contributed by atoms with Crippen molar-refractivity contribution in [2.24, 2.45) is 5.18 Å². The van der Waals surface area contributed by atoms with Crippen molar-refractivity contribution >= 4 is 11.7 Å². The van der Waals surface area contributed by atoms with Crippen LogP contribution in [0.5, 0.6) is 0 Å². The normalized spacial score (nSPS) is 11.7. The second-order valence-corrected chi connectivity index (χ2v) is 2.18. The van der Waals surface area contributed by atoms with Gasteiger partial charge in [-0.15, -0.1) is 4.91 Å². The molecule has 72 valence electrons. The van der Waals surface area contributed by atoms with Crippen LogP contribution in [0.2, 0.25) is 0 Å². The van der Waals surface area contributed by atoms with E-state index < -0.39 is 17.4 Å². The number of aromatic nitrogens is 2. The number of aliphatic carboxylic acids is 1. The molecule has 0 unspecified atom stereocenters. The average Bonchev–Trinajstić information content (AvgIpc) is 2.19. The number of nitroso groups, excluding NO2 is 1. The van der Waals surface area contributed by atoms with E-state index >= 15 is 0 Å². The summed E-state index contributed by atoms with van der Waals surface area (Å²) in [7, 11) is 0. The summed E-state index contributed by atoms with van der Waals surface area (Å²) in [6, 6.07) is 0. The summed E-state index contributed by atoms with van der Waals surface area (Å²) >= 11 is 0. The van der Waals surface area contributed by atoms with Crippen molar-refractivity contribution in [2.75, 3.05) is 0 Å². The van der Waals surface area contributed by atoms with Gasteiger partial charge in [0.25, 0.3) is 0 Å². The Morgan fingerprint density at radius 1 is 1.36 bits per heavy atom. The Morgan fingerprint density at radius 3 is 2.50 bits per heavy atom. The van der Waals surface area contributed by atoms with E-state index in [2.05, 4.69) is 15.1 Å². The third-order valence-electron chi connectivity index (χ3n) is 1.32. The molecule has 7 nitrogen and oxygen atoms in total. The highest BCUT2D eigenvalue weighted by molar-refractivity contribution is 5.93. The molecule has 0 aromatic carbocycles. The molecule has 0 bridgehead atoms. The van der Waals surface area contributed by atoms with Gasteiger partial charge in [0, 0.05) is 12.4 Å². The van der Waals surface area contributed by atoms with Crippen molar-refractivity contribution < 1.29 is 15.0 Å². The second-order valence-electron chi connectivity index (χ2n) is 2.18. The number of hydrogen-bond acceptors (Lipinski definition) is 6. The Labute approximate surface area is 77.7 Å². The molecule has 7 heteroatoms. The SMILES string of the molecule is O=NC(C(=O)O)=C(O)c1cnccn1. The quantitative estimate of drug-likeness (QED) is 0.413. The maximum atomic E-state index is 10.4. The maximum Gasteiger partial charge on any atom is 0.362 e. The third-order valence-corrected chi connectivity index (χ3v) is 1.32. The highest BCUT2D eigenvalue weighted by Crippen LogP contribution is 2.13. The van der Waals surface area contributed by atoms with Crippen molar-refractivity contribution in [1.29, 1.82) is 0 Å². The monoisotopic (exact) mass is 195 g/mol. The van der Waals surface area contributed by atoms with Gasteiger partial charge < -0.3 is 10.2 Å². The molecule has 0 spiro atoms. The smallest absolute Gasteiger partial charge is 0.362 e. The van der Waals surface area contributed by atoms with E-state index in [1.165, 1.54) is 12.4 Å². The molecule has 0 fully saturated rings. The number of aliphatic hydroxyl groups is 1. The van der Waals surface area contributed by atoms with Gasteiger partial charge in [-0.25, -0.2) is 9.78 Å². The number of carboxylic acid groups (broad SMARTS) is 1. The minimum Gasteiger partial charge on any atom is -0.504 e. The molecule has 1 rings (SSSR count). The van der Waals surface area contributed by atoms with E-state index in [1.807, 2.05) is 0 Å². The minimum atomic E-state index is -1.62. The van der Waals surface area contributed by atoms with Gasteiger partial charge in [0.2, 0.25) is 5.70 Å². The summed E-state index contributed by atoms with van der Waals surface area (Å²) in [6.45, 7) is 0. The van der Waals surface area contributed by atoms with Gasteiger partial charge in [0.1, 0.15) is 5.69 Å². The van der Waals surface area contributed by atoms with Crippen LogP contribution in [0.15, 0.2) is 29.5 Å². The van der Waals surface area contributed by atoms with Crippen LogP contribution < -0.4 is 0 Å². The summed E-state index contributed by atoms with van der Waals surface area (Å²) in [5.41, 5.74) is -1.12. The van der Waals surface area contributed by atoms with Crippen molar-refractivity contribution in [3.63, 3.8) is 0 Å². The predicted molar refractivity (Wildman–Crippen MR) is 45.0 cm³/mol. The van der Waals surface area contributed by atoms with E-state index in [4.69, 9.17) is 5.11 Å². The summed E-state index contributed by atoms with van der Waals surface area (Å²) in [4.78, 5) is 27.6. The van der Waals surface area contributed by atoms with Crippen LogP contribution in [0.1, 0.15) is 5.69 Å². The summed E-state index contributed by atoms with van der Waals surface area (Å²) < 4.78 is 0. The molecule has 2 N–H and O–H groups in total. The molecule has 0 aliphatic carbocycles. The number of rotatable bonds is 3. The Kier molecular flexibility index (Phi) is 2.85. The van der Waals surface area contributed by atoms with E-state index in [0.29, 0.717) is 0 Å². The molecule has 0 aliphatic rings. The van der Waals surface area contributed by atoms with Crippen molar-refractivity contribution in [3.8, 4) is 0 Å². The summed E-state index contributed by atoms with van der Waals surface area (Å²) in [5, 5.41) is 19.9. The van der Waals surface area contributed by atoms with E-state index in [1.54, 1.807) is 0 Å². The summed E-state index contributed by atoms with van der Waals surface area (Å²) in [5.74, 6) is -2.43. The van der Waals surface area contributed by atoms with Crippen LogP contribution in [0.3, 0.4) is 0 Å². The van der Waals surface area contributed by atoms with Gasteiger partial charge in [-0.05, 0) is 5.18 Å². The lowest BCUT2D eigenvalue weighted by molar-refractivity contribution is -0.132. The summed E-state index contributed by atoms with van der Waals surface area (Å²) in [6.07, 6.45) is 3.70. The Balaban J connectivity index is 3.21. The largest absolute Gasteiger partial charge is 0.504 e. The zero-order chi connectivity index (χ0) is 10.6. The maximum absolute atomic E-state index is 10.4. The zero-order valence-electron chi connectivity index (χ0n) is 6.78. The Hall–Kier alpha value is -2.31. The van der Waals surface area contributed by atoms with Gasteiger partial charge in [-0.2, -0.15) is 0 Å². The first kappa shape index (κ1) is 9.78. The predicted octanol–water partition coefficient (Wildman–Crippen LogP) is 0.554. The molecule has 0 radical (unpaired) electrons. The highest BCUT2D eigenvalue weighted by atomic mass is 16.4. The van der Waals surface area contributed by atoms with E-state index in [0.717, 1.165) is 6.20 Å². The van der Waals surface area contributed by atoms with Gasteiger partial charge in [0.15, 0.2) is 5.76 Å². The molecule has 0 saturated carbocycles. The molecule has 0 atom stereocenters.